The number of aromatic amines is 1. The highest BCUT2D eigenvalue weighted by Gasteiger charge is 2.27. The summed E-state index contributed by atoms with van der Waals surface area (Å²) in [6.45, 7) is 9.32. The fraction of sp³-hybridized carbons (Fsp3) is 0.280. The Balaban J connectivity index is 1.74. The summed E-state index contributed by atoms with van der Waals surface area (Å²) in [5, 5.41) is 5.96. The van der Waals surface area contributed by atoms with Gasteiger partial charge in [0.05, 0.1) is 15.5 Å². The van der Waals surface area contributed by atoms with Crippen molar-refractivity contribution in [2.24, 2.45) is 0 Å². The summed E-state index contributed by atoms with van der Waals surface area (Å²) in [6, 6.07) is 11.3. The Bertz CT molecular complexity index is 1220. The first-order valence-corrected chi connectivity index (χ1v) is 12.2. The third-order valence-electron chi connectivity index (χ3n) is 5.87. The fourth-order valence-corrected chi connectivity index (χ4v) is 5.24. The van der Waals surface area contributed by atoms with Crippen LogP contribution in [0.5, 0.6) is 0 Å². The normalized spacial score (nSPS) is 14.1. The van der Waals surface area contributed by atoms with Gasteiger partial charge in [0.15, 0.2) is 0 Å². The largest absolute Gasteiger partial charge is 0.358 e. The molecule has 1 aliphatic heterocycles. The van der Waals surface area contributed by atoms with Crippen molar-refractivity contribution < 1.29 is 9.59 Å². The maximum absolute atomic E-state index is 13.3. The molecule has 0 aliphatic carbocycles. The monoisotopic (exact) mass is 482 g/mol. The molecule has 0 radical (unpaired) electrons. The SMILES string of the molecule is CCN(CC)CCNC(=O)c1c(C)[nH]c(C=C2C(=O)Nc3ccccc32)c1-c1ccc(Cl)s1. The van der Waals surface area contributed by atoms with Crippen molar-refractivity contribution in [3.05, 3.63) is 63.2 Å². The molecule has 172 valence electrons. The number of anilines is 1. The van der Waals surface area contributed by atoms with Crippen LogP contribution < -0.4 is 10.6 Å². The number of carbonyl (C=O) groups excluding carboxylic acids is 2. The van der Waals surface area contributed by atoms with Gasteiger partial charge in [-0.25, -0.2) is 0 Å². The minimum absolute atomic E-state index is 0.142. The molecule has 8 heteroatoms. The van der Waals surface area contributed by atoms with Gasteiger partial charge in [0, 0.05) is 46.2 Å². The first-order valence-electron chi connectivity index (χ1n) is 11.0. The van der Waals surface area contributed by atoms with Crippen molar-refractivity contribution in [1.82, 2.24) is 15.2 Å². The maximum Gasteiger partial charge on any atom is 0.256 e. The van der Waals surface area contributed by atoms with Crippen LogP contribution in [0.15, 0.2) is 36.4 Å². The first-order chi connectivity index (χ1) is 15.9. The van der Waals surface area contributed by atoms with Crippen LogP contribution in [0.3, 0.4) is 0 Å². The quantitative estimate of drug-likeness (QED) is 0.383. The number of rotatable bonds is 8. The van der Waals surface area contributed by atoms with Crippen molar-refractivity contribution in [1.29, 1.82) is 0 Å². The van der Waals surface area contributed by atoms with E-state index in [1.54, 1.807) is 0 Å². The number of thiophene rings is 1. The van der Waals surface area contributed by atoms with Crippen LogP contribution >= 0.6 is 22.9 Å². The highest BCUT2D eigenvalue weighted by Crippen LogP contribution is 2.40. The van der Waals surface area contributed by atoms with Gasteiger partial charge in [-0.05, 0) is 44.3 Å². The highest BCUT2D eigenvalue weighted by molar-refractivity contribution is 7.19. The summed E-state index contributed by atoms with van der Waals surface area (Å²) in [5.41, 5.74) is 4.97. The van der Waals surface area contributed by atoms with E-state index in [0.717, 1.165) is 47.0 Å². The van der Waals surface area contributed by atoms with Crippen LogP contribution in [-0.4, -0.2) is 47.9 Å². The smallest absolute Gasteiger partial charge is 0.256 e. The molecular formula is C25H27ClN4O2S. The Morgan fingerprint density at radius 3 is 2.64 bits per heavy atom. The lowest BCUT2D eigenvalue weighted by Gasteiger charge is -2.18. The number of carbonyl (C=O) groups is 2. The molecule has 0 spiro atoms. The zero-order valence-electron chi connectivity index (χ0n) is 18.9. The Morgan fingerprint density at radius 1 is 1.18 bits per heavy atom. The number of fused-ring (bicyclic) bond motifs is 1. The zero-order chi connectivity index (χ0) is 23.5. The van der Waals surface area contributed by atoms with Crippen LogP contribution in [0.2, 0.25) is 4.34 Å². The van der Waals surface area contributed by atoms with E-state index in [2.05, 4.69) is 34.4 Å². The number of aromatic nitrogens is 1. The molecule has 0 atom stereocenters. The molecule has 1 aliphatic rings. The summed E-state index contributed by atoms with van der Waals surface area (Å²) < 4.78 is 0.638. The molecule has 0 fully saturated rings. The second kappa shape index (κ2) is 9.95. The second-order valence-electron chi connectivity index (χ2n) is 7.86. The van der Waals surface area contributed by atoms with E-state index in [4.69, 9.17) is 11.6 Å². The third-order valence-corrected chi connectivity index (χ3v) is 7.12. The van der Waals surface area contributed by atoms with Gasteiger partial charge in [0.2, 0.25) is 0 Å². The predicted molar refractivity (Wildman–Crippen MR) is 137 cm³/mol. The minimum atomic E-state index is -0.163. The Labute approximate surface area is 202 Å². The van der Waals surface area contributed by atoms with E-state index in [-0.39, 0.29) is 11.8 Å². The fourth-order valence-electron chi connectivity index (χ4n) is 4.13. The second-order valence-corrected chi connectivity index (χ2v) is 9.57. The van der Waals surface area contributed by atoms with E-state index in [0.29, 0.717) is 27.7 Å². The number of hydrogen-bond donors (Lipinski definition) is 3. The number of benzene rings is 1. The topological polar surface area (TPSA) is 77.2 Å². The molecule has 2 amide bonds. The predicted octanol–water partition coefficient (Wildman–Crippen LogP) is 5.27. The highest BCUT2D eigenvalue weighted by atomic mass is 35.5. The van der Waals surface area contributed by atoms with Gasteiger partial charge in [-0.2, -0.15) is 0 Å². The molecule has 3 aromatic rings. The molecule has 33 heavy (non-hydrogen) atoms. The average Bonchev–Trinajstić information content (AvgIpc) is 3.46. The number of hydrogen-bond acceptors (Lipinski definition) is 4. The van der Waals surface area contributed by atoms with Crippen molar-refractivity contribution in [2.75, 3.05) is 31.5 Å². The van der Waals surface area contributed by atoms with Gasteiger partial charge in [0.1, 0.15) is 0 Å². The van der Waals surface area contributed by atoms with Crippen molar-refractivity contribution in [2.45, 2.75) is 20.8 Å². The molecule has 6 nitrogen and oxygen atoms in total. The van der Waals surface area contributed by atoms with Gasteiger partial charge in [-0.3, -0.25) is 9.59 Å². The van der Waals surface area contributed by atoms with Gasteiger partial charge >= 0.3 is 0 Å². The molecule has 4 rings (SSSR count). The van der Waals surface area contributed by atoms with Crippen LogP contribution in [0.1, 0.15) is 41.2 Å². The number of H-pyrrole nitrogens is 1. The molecule has 2 aromatic heterocycles. The van der Waals surface area contributed by atoms with Gasteiger partial charge in [-0.15, -0.1) is 11.3 Å². The maximum atomic E-state index is 13.3. The standard InChI is InChI=1S/C25H27ClN4O2S/c1-4-30(5-2)13-12-27-25(32)22-15(3)28-19(23(22)20-10-11-21(26)33-20)14-17-16-8-6-7-9-18(16)29-24(17)31/h6-11,14,28H,4-5,12-13H2,1-3H3,(H,27,32)(H,29,31). The number of amides is 2. The van der Waals surface area contributed by atoms with Gasteiger partial charge in [0.25, 0.3) is 11.8 Å². The summed E-state index contributed by atoms with van der Waals surface area (Å²) in [6.07, 6.45) is 1.82. The van der Waals surface area contributed by atoms with Crippen molar-refractivity contribution >= 4 is 52.1 Å². The third kappa shape index (κ3) is 4.76. The molecule has 0 bridgehead atoms. The number of halogens is 1. The molecule has 0 saturated carbocycles. The summed E-state index contributed by atoms with van der Waals surface area (Å²) in [7, 11) is 0. The lowest BCUT2D eigenvalue weighted by Crippen LogP contribution is -2.35. The summed E-state index contributed by atoms with van der Waals surface area (Å²) >= 11 is 7.64. The van der Waals surface area contributed by atoms with E-state index < -0.39 is 0 Å². The Morgan fingerprint density at radius 2 is 1.94 bits per heavy atom. The average molecular weight is 483 g/mol. The number of nitrogens with zero attached hydrogens (tertiary/aromatic N) is 1. The van der Waals surface area contributed by atoms with Crippen LogP contribution in [-0.2, 0) is 4.79 Å². The van der Waals surface area contributed by atoms with Gasteiger partial charge in [-0.1, -0.05) is 43.6 Å². The summed E-state index contributed by atoms with van der Waals surface area (Å²) in [4.78, 5) is 32.4. The number of nitrogens with one attached hydrogen (secondary N) is 3. The van der Waals surface area contributed by atoms with E-state index in [1.807, 2.05) is 49.4 Å². The van der Waals surface area contributed by atoms with Gasteiger partial charge < -0.3 is 20.5 Å². The Hall–Kier alpha value is -2.87. The molecular weight excluding hydrogens is 456 g/mol. The molecule has 1 aromatic carbocycles. The number of para-hydroxylation sites is 1. The molecule has 0 saturated heterocycles. The van der Waals surface area contributed by atoms with Crippen molar-refractivity contribution in [3.63, 3.8) is 0 Å². The van der Waals surface area contributed by atoms with Crippen LogP contribution in [0.25, 0.3) is 22.1 Å². The molecule has 0 unspecified atom stereocenters. The lowest BCUT2D eigenvalue weighted by atomic mass is 10.0. The minimum Gasteiger partial charge on any atom is -0.358 e. The number of aryl methyl sites for hydroxylation is 1. The summed E-state index contributed by atoms with van der Waals surface area (Å²) in [5.74, 6) is -0.305. The van der Waals surface area contributed by atoms with E-state index >= 15 is 0 Å². The van der Waals surface area contributed by atoms with Crippen LogP contribution in [0.4, 0.5) is 5.69 Å². The van der Waals surface area contributed by atoms with Crippen molar-refractivity contribution in [3.8, 4) is 10.4 Å². The number of likely N-dealkylation sites (N-methyl/N-ethyl adjacent to an activating group) is 1. The molecule has 3 heterocycles. The molecule has 3 N–H and O–H groups in total. The first kappa shape index (κ1) is 23.3. The lowest BCUT2D eigenvalue weighted by molar-refractivity contribution is -0.110. The zero-order valence-corrected chi connectivity index (χ0v) is 20.5. The van der Waals surface area contributed by atoms with E-state index in [1.165, 1.54) is 11.3 Å². The van der Waals surface area contributed by atoms with E-state index in [9.17, 15) is 9.59 Å². The Kier molecular flexibility index (Phi) is 7.02. The van der Waals surface area contributed by atoms with Crippen LogP contribution in [0, 0.1) is 6.92 Å².